The van der Waals surface area contributed by atoms with Crippen molar-refractivity contribution < 1.29 is 8.78 Å². The smallest absolute Gasteiger partial charge is 0.149 e. The van der Waals surface area contributed by atoms with E-state index in [-0.39, 0.29) is 0 Å². The van der Waals surface area contributed by atoms with Crippen LogP contribution in [0.1, 0.15) is 25.2 Å². The summed E-state index contributed by atoms with van der Waals surface area (Å²) in [6, 6.07) is 5.51. The van der Waals surface area contributed by atoms with Gasteiger partial charge in [-0.25, -0.2) is 8.78 Å². The van der Waals surface area contributed by atoms with Crippen molar-refractivity contribution in [3.8, 4) is 0 Å². The summed E-state index contributed by atoms with van der Waals surface area (Å²) in [5, 5.41) is 7.39. The lowest BCUT2D eigenvalue weighted by Gasteiger charge is -2.08. The third-order valence-corrected chi connectivity index (χ3v) is 2.97. The Kier molecular flexibility index (Phi) is 4.14. The number of hydrogen-bond acceptors (Lipinski definition) is 2. The van der Waals surface area contributed by atoms with Gasteiger partial charge in [-0.3, -0.25) is 4.68 Å². The lowest BCUT2D eigenvalue weighted by molar-refractivity contribution is 0.583. The molecule has 0 atom stereocenters. The Morgan fingerprint density at radius 1 is 1.21 bits per heavy atom. The minimum Gasteiger partial charge on any atom is -0.377 e. The summed E-state index contributed by atoms with van der Waals surface area (Å²) in [6.45, 7) is 5.28. The molecule has 2 rings (SSSR count). The summed E-state index contributed by atoms with van der Waals surface area (Å²) in [6.07, 6.45) is 0.866. The van der Waals surface area contributed by atoms with E-state index in [1.54, 1.807) is 0 Å². The van der Waals surface area contributed by atoms with E-state index in [1.807, 2.05) is 24.6 Å². The van der Waals surface area contributed by atoms with Crippen molar-refractivity contribution in [1.29, 1.82) is 0 Å². The number of aromatic nitrogens is 2. The zero-order valence-electron chi connectivity index (χ0n) is 11.1. The quantitative estimate of drug-likeness (QED) is 0.898. The Labute approximate surface area is 111 Å². The molecule has 0 radical (unpaired) electrons. The maximum absolute atomic E-state index is 13.5. The molecule has 0 amide bonds. The SMILES string of the molecule is CCc1cc(CNc2ccc(F)cc2F)n(CC)n1. The van der Waals surface area contributed by atoms with Gasteiger partial charge in [-0.15, -0.1) is 0 Å². The van der Waals surface area contributed by atoms with E-state index in [4.69, 9.17) is 0 Å². The van der Waals surface area contributed by atoms with Crippen LogP contribution in [-0.2, 0) is 19.5 Å². The van der Waals surface area contributed by atoms with Gasteiger partial charge in [-0.05, 0) is 31.5 Å². The molecule has 2 aromatic rings. The Bertz CT molecular complexity index is 564. The topological polar surface area (TPSA) is 29.9 Å². The predicted molar refractivity (Wildman–Crippen MR) is 71.0 cm³/mol. The Morgan fingerprint density at radius 2 is 2.00 bits per heavy atom. The Balaban J connectivity index is 2.11. The van der Waals surface area contributed by atoms with Gasteiger partial charge in [-0.1, -0.05) is 6.92 Å². The van der Waals surface area contributed by atoms with Gasteiger partial charge in [0.05, 0.1) is 23.6 Å². The Hall–Kier alpha value is -1.91. The number of rotatable bonds is 5. The average molecular weight is 265 g/mol. The number of nitrogens with one attached hydrogen (secondary N) is 1. The van der Waals surface area contributed by atoms with E-state index < -0.39 is 11.6 Å². The molecule has 0 fully saturated rings. The second-order valence-electron chi connectivity index (χ2n) is 4.27. The van der Waals surface area contributed by atoms with Gasteiger partial charge in [0.15, 0.2) is 0 Å². The molecule has 1 aromatic carbocycles. The summed E-state index contributed by atoms with van der Waals surface area (Å²) >= 11 is 0. The third kappa shape index (κ3) is 3.10. The molecule has 1 N–H and O–H groups in total. The second-order valence-corrected chi connectivity index (χ2v) is 4.27. The molecule has 0 aliphatic rings. The Morgan fingerprint density at radius 3 is 2.63 bits per heavy atom. The maximum atomic E-state index is 13.5. The summed E-state index contributed by atoms with van der Waals surface area (Å²) in [7, 11) is 0. The van der Waals surface area contributed by atoms with E-state index in [1.165, 1.54) is 12.1 Å². The standard InChI is InChI=1S/C14H17F2N3/c1-3-11-8-12(19(4-2)18-11)9-17-14-6-5-10(15)7-13(14)16/h5-8,17H,3-4,9H2,1-2H3. The lowest BCUT2D eigenvalue weighted by Crippen LogP contribution is -2.08. The zero-order chi connectivity index (χ0) is 13.8. The minimum atomic E-state index is -0.585. The first-order valence-corrected chi connectivity index (χ1v) is 6.38. The first kappa shape index (κ1) is 13.5. The monoisotopic (exact) mass is 265 g/mol. The number of aryl methyl sites for hydroxylation is 2. The molecule has 19 heavy (non-hydrogen) atoms. The lowest BCUT2D eigenvalue weighted by atomic mass is 10.2. The second kappa shape index (κ2) is 5.82. The van der Waals surface area contributed by atoms with Gasteiger partial charge in [0, 0.05) is 12.6 Å². The maximum Gasteiger partial charge on any atom is 0.149 e. The van der Waals surface area contributed by atoms with Gasteiger partial charge >= 0.3 is 0 Å². The van der Waals surface area contributed by atoms with Crippen molar-refractivity contribution in [3.63, 3.8) is 0 Å². The molecular weight excluding hydrogens is 248 g/mol. The molecule has 0 aliphatic heterocycles. The zero-order valence-corrected chi connectivity index (χ0v) is 11.1. The van der Waals surface area contributed by atoms with Crippen molar-refractivity contribution in [3.05, 3.63) is 47.3 Å². The molecule has 0 saturated carbocycles. The molecule has 0 aliphatic carbocycles. The highest BCUT2D eigenvalue weighted by molar-refractivity contribution is 5.44. The van der Waals surface area contributed by atoms with E-state index in [0.29, 0.717) is 12.2 Å². The van der Waals surface area contributed by atoms with Crippen LogP contribution < -0.4 is 5.32 Å². The number of nitrogens with zero attached hydrogens (tertiary/aromatic N) is 2. The van der Waals surface area contributed by atoms with Crippen LogP contribution >= 0.6 is 0 Å². The van der Waals surface area contributed by atoms with Crippen LogP contribution in [0.15, 0.2) is 24.3 Å². The van der Waals surface area contributed by atoms with Crippen molar-refractivity contribution in [2.24, 2.45) is 0 Å². The number of benzene rings is 1. The van der Waals surface area contributed by atoms with Crippen LogP contribution in [0.4, 0.5) is 14.5 Å². The molecular formula is C14H17F2N3. The molecule has 3 nitrogen and oxygen atoms in total. The van der Waals surface area contributed by atoms with E-state index >= 15 is 0 Å². The number of hydrogen-bond donors (Lipinski definition) is 1. The fourth-order valence-electron chi connectivity index (χ4n) is 1.92. The highest BCUT2D eigenvalue weighted by Gasteiger charge is 2.07. The summed E-state index contributed by atoms with van der Waals surface area (Å²) in [5.74, 6) is -1.16. The molecule has 0 saturated heterocycles. The van der Waals surface area contributed by atoms with Crippen LogP contribution in [0.2, 0.25) is 0 Å². The number of halogens is 2. The molecule has 1 aromatic heterocycles. The predicted octanol–water partition coefficient (Wildman–Crippen LogP) is 3.36. The fraction of sp³-hybridized carbons (Fsp3) is 0.357. The van der Waals surface area contributed by atoms with E-state index in [2.05, 4.69) is 10.4 Å². The van der Waals surface area contributed by atoms with Crippen LogP contribution in [0.25, 0.3) is 0 Å². The fourth-order valence-corrected chi connectivity index (χ4v) is 1.92. The van der Waals surface area contributed by atoms with Gasteiger partial charge in [-0.2, -0.15) is 5.10 Å². The van der Waals surface area contributed by atoms with Crippen molar-refractivity contribution in [1.82, 2.24) is 9.78 Å². The van der Waals surface area contributed by atoms with Crippen molar-refractivity contribution in [2.45, 2.75) is 33.4 Å². The minimum absolute atomic E-state index is 0.295. The molecule has 0 spiro atoms. The third-order valence-electron chi connectivity index (χ3n) is 2.97. The van der Waals surface area contributed by atoms with Gasteiger partial charge < -0.3 is 5.32 Å². The van der Waals surface area contributed by atoms with E-state index in [9.17, 15) is 8.78 Å². The van der Waals surface area contributed by atoms with Gasteiger partial charge in [0.2, 0.25) is 0 Å². The highest BCUT2D eigenvalue weighted by atomic mass is 19.1. The summed E-state index contributed by atoms with van der Waals surface area (Å²) in [4.78, 5) is 0. The molecule has 102 valence electrons. The normalized spacial score (nSPS) is 10.7. The van der Waals surface area contributed by atoms with Crippen molar-refractivity contribution in [2.75, 3.05) is 5.32 Å². The molecule has 0 bridgehead atoms. The van der Waals surface area contributed by atoms with Crippen LogP contribution in [0.3, 0.4) is 0 Å². The van der Waals surface area contributed by atoms with Crippen LogP contribution in [-0.4, -0.2) is 9.78 Å². The average Bonchev–Trinajstić information content (AvgIpc) is 2.80. The highest BCUT2D eigenvalue weighted by Crippen LogP contribution is 2.16. The number of anilines is 1. The van der Waals surface area contributed by atoms with Crippen LogP contribution in [0, 0.1) is 11.6 Å². The van der Waals surface area contributed by atoms with Gasteiger partial charge in [0.1, 0.15) is 11.6 Å². The van der Waals surface area contributed by atoms with Crippen molar-refractivity contribution >= 4 is 5.69 Å². The molecule has 0 unspecified atom stereocenters. The van der Waals surface area contributed by atoms with Crippen LogP contribution in [0.5, 0.6) is 0 Å². The summed E-state index contributed by atoms with van der Waals surface area (Å²) < 4.78 is 28.2. The van der Waals surface area contributed by atoms with Gasteiger partial charge in [0.25, 0.3) is 0 Å². The summed E-state index contributed by atoms with van der Waals surface area (Å²) in [5.41, 5.74) is 2.30. The molecule has 1 heterocycles. The largest absolute Gasteiger partial charge is 0.377 e. The van der Waals surface area contributed by atoms with E-state index in [0.717, 1.165) is 30.4 Å². The molecule has 5 heteroatoms. The first-order valence-electron chi connectivity index (χ1n) is 6.38. The first-order chi connectivity index (χ1) is 9.13.